The normalized spacial score (nSPS) is 11.7. The number of carbonyl (C=O) groups is 1. The van der Waals surface area contributed by atoms with Crippen LogP contribution in [0.1, 0.15) is 21.5 Å². The Bertz CT molecular complexity index is 1160. The van der Waals surface area contributed by atoms with Gasteiger partial charge in [-0.15, -0.1) is 0 Å². The van der Waals surface area contributed by atoms with Crippen LogP contribution in [-0.4, -0.2) is 26.3 Å². The molecule has 0 fully saturated rings. The van der Waals surface area contributed by atoms with E-state index in [4.69, 9.17) is 0 Å². The molecule has 0 aliphatic carbocycles. The molecule has 0 spiro atoms. The minimum atomic E-state index is -4.53. The molecule has 0 aliphatic rings. The number of hydrogen-bond donors (Lipinski definition) is 1. The molecule has 31 heavy (non-hydrogen) atoms. The first-order valence-corrected chi connectivity index (χ1v) is 10.6. The lowest BCUT2D eigenvalue weighted by molar-refractivity contribution is -0.138. The summed E-state index contributed by atoms with van der Waals surface area (Å²) in [6.07, 6.45) is -4.53. The van der Waals surface area contributed by atoms with E-state index >= 15 is 0 Å². The van der Waals surface area contributed by atoms with Crippen molar-refractivity contribution in [1.82, 2.24) is 4.90 Å². The average Bonchev–Trinajstić information content (AvgIpc) is 2.73. The summed E-state index contributed by atoms with van der Waals surface area (Å²) in [6, 6.07) is 18.6. The maximum absolute atomic E-state index is 13.2. The number of anilines is 1. The highest BCUT2D eigenvalue weighted by atomic mass is 32.2. The van der Waals surface area contributed by atoms with Crippen molar-refractivity contribution in [1.29, 1.82) is 0 Å². The van der Waals surface area contributed by atoms with E-state index in [1.54, 1.807) is 30.3 Å². The van der Waals surface area contributed by atoms with Crippen LogP contribution in [0, 0.1) is 0 Å². The first-order valence-electron chi connectivity index (χ1n) is 9.16. The fourth-order valence-corrected chi connectivity index (χ4v) is 4.04. The van der Waals surface area contributed by atoms with Crippen LogP contribution in [0.3, 0.4) is 0 Å². The number of carbonyl (C=O) groups excluding carboxylic acids is 1. The Kier molecular flexibility index (Phi) is 6.35. The zero-order chi connectivity index (χ0) is 22.6. The van der Waals surface area contributed by atoms with Gasteiger partial charge in [0.2, 0.25) is 0 Å². The number of amides is 1. The van der Waals surface area contributed by atoms with Crippen LogP contribution in [0.2, 0.25) is 0 Å². The van der Waals surface area contributed by atoms with Crippen molar-refractivity contribution in [2.75, 3.05) is 11.8 Å². The molecule has 3 rings (SSSR count). The van der Waals surface area contributed by atoms with Crippen LogP contribution in [-0.2, 0) is 22.7 Å². The molecule has 1 amide bonds. The number of nitrogens with zero attached hydrogens (tertiary/aromatic N) is 1. The van der Waals surface area contributed by atoms with Crippen molar-refractivity contribution in [3.8, 4) is 0 Å². The van der Waals surface area contributed by atoms with Crippen molar-refractivity contribution < 1.29 is 26.4 Å². The second-order valence-electron chi connectivity index (χ2n) is 6.81. The van der Waals surface area contributed by atoms with E-state index in [1.807, 2.05) is 0 Å². The fraction of sp³-hybridized carbons (Fsp3) is 0.136. The van der Waals surface area contributed by atoms with Gasteiger partial charge in [-0.05, 0) is 48.0 Å². The highest BCUT2D eigenvalue weighted by Gasteiger charge is 2.33. The Morgan fingerprint density at radius 1 is 0.903 bits per heavy atom. The van der Waals surface area contributed by atoms with Gasteiger partial charge in [-0.25, -0.2) is 8.42 Å². The third kappa shape index (κ3) is 5.43. The van der Waals surface area contributed by atoms with Gasteiger partial charge in [-0.3, -0.25) is 9.52 Å². The zero-order valence-electron chi connectivity index (χ0n) is 16.4. The number of nitrogens with one attached hydrogen (secondary N) is 1. The Morgan fingerprint density at radius 3 is 2.10 bits per heavy atom. The van der Waals surface area contributed by atoms with Gasteiger partial charge in [-0.2, -0.15) is 13.2 Å². The van der Waals surface area contributed by atoms with Gasteiger partial charge in [0, 0.05) is 24.8 Å². The average molecular weight is 448 g/mol. The first-order chi connectivity index (χ1) is 14.6. The van der Waals surface area contributed by atoms with Crippen LogP contribution in [0.15, 0.2) is 83.8 Å². The van der Waals surface area contributed by atoms with E-state index in [0.717, 1.165) is 11.0 Å². The molecule has 0 heterocycles. The summed E-state index contributed by atoms with van der Waals surface area (Å²) >= 11 is 0. The largest absolute Gasteiger partial charge is 0.416 e. The summed E-state index contributed by atoms with van der Waals surface area (Å²) in [5.74, 6) is -0.531. The number of alkyl halides is 3. The predicted octanol–water partition coefficient (Wildman–Crippen LogP) is 4.78. The number of hydrogen-bond acceptors (Lipinski definition) is 3. The number of para-hydroxylation sites is 1. The van der Waals surface area contributed by atoms with E-state index in [0.29, 0.717) is 5.69 Å². The molecule has 0 radical (unpaired) electrons. The van der Waals surface area contributed by atoms with E-state index < -0.39 is 27.7 Å². The Balaban J connectivity index is 1.75. The molecule has 162 valence electrons. The van der Waals surface area contributed by atoms with Crippen molar-refractivity contribution >= 4 is 21.6 Å². The monoisotopic (exact) mass is 448 g/mol. The van der Waals surface area contributed by atoms with E-state index in [2.05, 4.69) is 4.72 Å². The molecule has 3 aromatic carbocycles. The van der Waals surface area contributed by atoms with Gasteiger partial charge in [0.05, 0.1) is 10.5 Å². The van der Waals surface area contributed by atoms with E-state index in [-0.39, 0.29) is 22.6 Å². The summed E-state index contributed by atoms with van der Waals surface area (Å²) in [5, 5.41) is 0. The molecule has 0 bridgehead atoms. The number of rotatable bonds is 6. The molecule has 0 atom stereocenters. The molecule has 0 unspecified atom stereocenters. The molecule has 0 aliphatic heterocycles. The van der Waals surface area contributed by atoms with Crippen molar-refractivity contribution in [3.63, 3.8) is 0 Å². The molecule has 1 N–H and O–H groups in total. The van der Waals surface area contributed by atoms with Crippen molar-refractivity contribution in [3.05, 3.63) is 95.6 Å². The molecular weight excluding hydrogens is 429 g/mol. The van der Waals surface area contributed by atoms with Crippen LogP contribution < -0.4 is 4.72 Å². The fourth-order valence-electron chi connectivity index (χ4n) is 2.98. The van der Waals surface area contributed by atoms with Crippen LogP contribution in [0.4, 0.5) is 18.9 Å². The third-order valence-electron chi connectivity index (χ3n) is 4.51. The van der Waals surface area contributed by atoms with Crippen LogP contribution >= 0.6 is 0 Å². The molecule has 0 saturated carbocycles. The van der Waals surface area contributed by atoms with Gasteiger partial charge in [0.1, 0.15) is 0 Å². The molecule has 0 saturated heterocycles. The maximum atomic E-state index is 13.2. The third-order valence-corrected chi connectivity index (χ3v) is 5.91. The Labute approximate surface area is 178 Å². The van der Waals surface area contributed by atoms with Gasteiger partial charge in [0.25, 0.3) is 15.9 Å². The Morgan fingerprint density at radius 2 is 1.48 bits per heavy atom. The molecule has 0 aromatic heterocycles. The second kappa shape index (κ2) is 8.81. The van der Waals surface area contributed by atoms with Crippen LogP contribution in [0.25, 0.3) is 0 Å². The molecule has 9 heteroatoms. The lowest BCUT2D eigenvalue weighted by Crippen LogP contribution is -2.27. The summed E-state index contributed by atoms with van der Waals surface area (Å²) in [6.45, 7) is -0.246. The van der Waals surface area contributed by atoms with Crippen molar-refractivity contribution in [2.24, 2.45) is 0 Å². The summed E-state index contributed by atoms with van der Waals surface area (Å²) in [4.78, 5) is 13.7. The molecular formula is C22H19F3N2O3S. The van der Waals surface area contributed by atoms with E-state index in [9.17, 15) is 26.4 Å². The van der Waals surface area contributed by atoms with Gasteiger partial charge in [-0.1, -0.05) is 36.4 Å². The lowest BCUT2D eigenvalue weighted by Gasteiger charge is -2.20. The molecule has 3 aromatic rings. The highest BCUT2D eigenvalue weighted by Crippen LogP contribution is 2.32. The maximum Gasteiger partial charge on any atom is 0.416 e. The van der Waals surface area contributed by atoms with Gasteiger partial charge < -0.3 is 4.90 Å². The quantitative estimate of drug-likeness (QED) is 0.590. The number of benzene rings is 3. The van der Waals surface area contributed by atoms with E-state index in [1.165, 1.54) is 49.5 Å². The minimum absolute atomic E-state index is 0.0305. The lowest BCUT2D eigenvalue weighted by atomic mass is 10.1. The summed E-state index contributed by atoms with van der Waals surface area (Å²) in [7, 11) is -2.46. The zero-order valence-corrected chi connectivity index (χ0v) is 17.2. The van der Waals surface area contributed by atoms with Crippen LogP contribution in [0.5, 0.6) is 0 Å². The Hall–Kier alpha value is -3.33. The summed E-state index contributed by atoms with van der Waals surface area (Å²) in [5.41, 5.74) is -0.281. The van der Waals surface area contributed by atoms with Gasteiger partial charge in [0.15, 0.2) is 0 Å². The van der Waals surface area contributed by atoms with Gasteiger partial charge >= 0.3 is 6.18 Å². The second-order valence-corrected chi connectivity index (χ2v) is 8.49. The predicted molar refractivity (Wildman–Crippen MR) is 111 cm³/mol. The standard InChI is InChI=1S/C22H19F3N2O3S/c1-27(15-17-7-5-6-10-20(17)22(23,24)25)21(28)16-11-13-19(14-12-16)31(29,30)26-18-8-3-2-4-9-18/h2-14,26H,15H2,1H3. The SMILES string of the molecule is CN(Cc1ccccc1C(F)(F)F)C(=O)c1ccc(S(=O)(=O)Nc2ccccc2)cc1. The topological polar surface area (TPSA) is 66.5 Å². The smallest absolute Gasteiger partial charge is 0.337 e. The minimum Gasteiger partial charge on any atom is -0.337 e. The van der Waals surface area contributed by atoms with Crippen molar-refractivity contribution in [2.45, 2.75) is 17.6 Å². The number of halogens is 3. The first kappa shape index (κ1) is 22.4. The molecule has 5 nitrogen and oxygen atoms in total. The summed E-state index contributed by atoms with van der Waals surface area (Å²) < 4.78 is 66.9. The highest BCUT2D eigenvalue weighted by molar-refractivity contribution is 7.92. The number of sulfonamides is 1.